The Bertz CT molecular complexity index is 513. The quantitative estimate of drug-likeness (QED) is 0.842. The summed E-state index contributed by atoms with van der Waals surface area (Å²) in [5.41, 5.74) is 8.46. The Labute approximate surface area is 105 Å². The SMILES string of the molecule is Cc1ccsc1C(=O)c1ccc(CCN)cc1. The fraction of sp³-hybridized carbons (Fsp3) is 0.214. The standard InChI is InChI=1S/C14H15NOS/c1-10-7-9-17-14(10)13(16)12-4-2-11(3-5-12)6-8-15/h2-5,7,9H,6,8,15H2,1H3. The second kappa shape index (κ2) is 5.25. The fourth-order valence-corrected chi connectivity index (χ4v) is 2.61. The van der Waals surface area contributed by atoms with Gasteiger partial charge in [-0.05, 0) is 42.5 Å². The Balaban J connectivity index is 2.23. The second-order valence-electron chi connectivity index (χ2n) is 4.00. The highest BCUT2D eigenvalue weighted by molar-refractivity contribution is 7.12. The molecule has 1 heterocycles. The van der Waals surface area contributed by atoms with Gasteiger partial charge in [0, 0.05) is 5.56 Å². The molecule has 0 aliphatic rings. The van der Waals surface area contributed by atoms with Gasteiger partial charge in [0.25, 0.3) is 0 Å². The first-order valence-corrected chi connectivity index (χ1v) is 6.48. The first kappa shape index (κ1) is 12.0. The highest BCUT2D eigenvalue weighted by atomic mass is 32.1. The number of thiophene rings is 1. The van der Waals surface area contributed by atoms with Gasteiger partial charge in [-0.3, -0.25) is 4.79 Å². The van der Waals surface area contributed by atoms with Crippen LogP contribution in [0.1, 0.15) is 26.4 Å². The van der Waals surface area contributed by atoms with Crippen LogP contribution in [0.25, 0.3) is 0 Å². The number of hydrogen-bond acceptors (Lipinski definition) is 3. The molecule has 2 N–H and O–H groups in total. The van der Waals surface area contributed by atoms with Gasteiger partial charge in [0.1, 0.15) is 0 Å². The molecule has 0 saturated heterocycles. The van der Waals surface area contributed by atoms with Crippen molar-refractivity contribution in [2.75, 3.05) is 6.54 Å². The lowest BCUT2D eigenvalue weighted by Crippen LogP contribution is -2.04. The molecule has 0 amide bonds. The normalized spacial score (nSPS) is 10.5. The highest BCUT2D eigenvalue weighted by Crippen LogP contribution is 2.20. The second-order valence-corrected chi connectivity index (χ2v) is 4.91. The Kier molecular flexibility index (Phi) is 3.71. The molecule has 0 spiro atoms. The predicted molar refractivity (Wildman–Crippen MR) is 71.7 cm³/mol. The Hall–Kier alpha value is -1.45. The number of nitrogens with two attached hydrogens (primary N) is 1. The van der Waals surface area contributed by atoms with Gasteiger partial charge in [-0.25, -0.2) is 0 Å². The third-order valence-corrected chi connectivity index (χ3v) is 3.73. The van der Waals surface area contributed by atoms with E-state index in [1.807, 2.05) is 42.6 Å². The van der Waals surface area contributed by atoms with Crippen molar-refractivity contribution in [1.29, 1.82) is 0 Å². The molecular formula is C14H15NOS. The largest absolute Gasteiger partial charge is 0.330 e. The summed E-state index contributed by atoms with van der Waals surface area (Å²) in [6.07, 6.45) is 0.854. The molecule has 3 heteroatoms. The molecule has 2 rings (SSSR count). The Morgan fingerprint density at radius 2 is 1.94 bits per heavy atom. The molecule has 0 bridgehead atoms. The van der Waals surface area contributed by atoms with Crippen molar-refractivity contribution in [2.24, 2.45) is 5.73 Å². The van der Waals surface area contributed by atoms with Crippen molar-refractivity contribution in [2.45, 2.75) is 13.3 Å². The monoisotopic (exact) mass is 245 g/mol. The van der Waals surface area contributed by atoms with Crippen LogP contribution in [0.15, 0.2) is 35.7 Å². The molecule has 2 nitrogen and oxygen atoms in total. The van der Waals surface area contributed by atoms with Gasteiger partial charge in [0.2, 0.25) is 5.78 Å². The van der Waals surface area contributed by atoms with Crippen LogP contribution < -0.4 is 5.73 Å². The minimum atomic E-state index is 0.108. The molecule has 17 heavy (non-hydrogen) atoms. The summed E-state index contributed by atoms with van der Waals surface area (Å²) in [5.74, 6) is 0.108. The van der Waals surface area contributed by atoms with Crippen LogP contribution in [-0.4, -0.2) is 12.3 Å². The van der Waals surface area contributed by atoms with Crippen molar-refractivity contribution >= 4 is 17.1 Å². The number of benzene rings is 1. The van der Waals surface area contributed by atoms with Crippen LogP contribution in [-0.2, 0) is 6.42 Å². The lowest BCUT2D eigenvalue weighted by Gasteiger charge is -2.02. The number of rotatable bonds is 4. The predicted octanol–water partition coefficient (Wildman–Crippen LogP) is 2.79. The molecule has 0 radical (unpaired) electrons. The van der Waals surface area contributed by atoms with Crippen LogP contribution in [0, 0.1) is 6.92 Å². The number of carbonyl (C=O) groups is 1. The summed E-state index contributed by atoms with van der Waals surface area (Å²) in [4.78, 5) is 13.0. The van der Waals surface area contributed by atoms with Crippen LogP contribution in [0.2, 0.25) is 0 Å². The van der Waals surface area contributed by atoms with E-state index in [1.165, 1.54) is 16.9 Å². The van der Waals surface area contributed by atoms with Gasteiger partial charge in [0.05, 0.1) is 4.88 Å². The molecule has 88 valence electrons. The van der Waals surface area contributed by atoms with E-state index in [0.717, 1.165) is 22.4 Å². The van der Waals surface area contributed by atoms with E-state index >= 15 is 0 Å². The first-order chi connectivity index (χ1) is 8.22. The summed E-state index contributed by atoms with van der Waals surface area (Å²) in [6.45, 7) is 2.60. The van der Waals surface area contributed by atoms with Gasteiger partial charge < -0.3 is 5.73 Å². The summed E-state index contributed by atoms with van der Waals surface area (Å²) >= 11 is 1.50. The molecule has 0 fully saturated rings. The van der Waals surface area contributed by atoms with Gasteiger partial charge >= 0.3 is 0 Å². The van der Waals surface area contributed by atoms with Crippen LogP contribution in [0.3, 0.4) is 0 Å². The maximum atomic E-state index is 12.2. The molecule has 1 aromatic heterocycles. The van der Waals surface area contributed by atoms with Crippen molar-refractivity contribution in [1.82, 2.24) is 0 Å². The summed E-state index contributed by atoms with van der Waals surface area (Å²) in [5, 5.41) is 1.95. The minimum Gasteiger partial charge on any atom is -0.330 e. The zero-order valence-corrected chi connectivity index (χ0v) is 10.6. The van der Waals surface area contributed by atoms with Gasteiger partial charge in [-0.1, -0.05) is 24.3 Å². The molecule has 0 unspecified atom stereocenters. The van der Waals surface area contributed by atoms with Crippen LogP contribution in [0.4, 0.5) is 0 Å². The first-order valence-electron chi connectivity index (χ1n) is 5.60. The van der Waals surface area contributed by atoms with Crippen molar-refractivity contribution in [3.63, 3.8) is 0 Å². The number of carbonyl (C=O) groups excluding carboxylic acids is 1. The smallest absolute Gasteiger partial charge is 0.203 e. The molecule has 0 saturated carbocycles. The topological polar surface area (TPSA) is 43.1 Å². The third-order valence-electron chi connectivity index (χ3n) is 2.72. The third kappa shape index (κ3) is 2.62. The molecule has 1 aromatic carbocycles. The van der Waals surface area contributed by atoms with E-state index in [2.05, 4.69) is 0 Å². The van der Waals surface area contributed by atoms with E-state index in [0.29, 0.717) is 6.54 Å². The van der Waals surface area contributed by atoms with E-state index in [4.69, 9.17) is 5.73 Å². The number of hydrogen-bond donors (Lipinski definition) is 1. The van der Waals surface area contributed by atoms with Crippen molar-refractivity contribution in [3.8, 4) is 0 Å². The Morgan fingerprint density at radius 3 is 2.47 bits per heavy atom. The molecular weight excluding hydrogens is 230 g/mol. The van der Waals surface area contributed by atoms with Gasteiger partial charge in [-0.2, -0.15) is 0 Å². The highest BCUT2D eigenvalue weighted by Gasteiger charge is 2.12. The molecule has 0 atom stereocenters. The molecule has 0 aliphatic carbocycles. The number of aryl methyl sites for hydroxylation is 1. The lowest BCUT2D eigenvalue weighted by molar-refractivity contribution is 0.104. The zero-order valence-electron chi connectivity index (χ0n) is 9.77. The summed E-state index contributed by atoms with van der Waals surface area (Å²) in [7, 11) is 0. The molecule has 0 aliphatic heterocycles. The van der Waals surface area contributed by atoms with Crippen LogP contribution in [0.5, 0.6) is 0 Å². The van der Waals surface area contributed by atoms with E-state index < -0.39 is 0 Å². The van der Waals surface area contributed by atoms with Gasteiger partial charge in [0.15, 0.2) is 0 Å². The van der Waals surface area contributed by atoms with Crippen molar-refractivity contribution < 1.29 is 4.79 Å². The van der Waals surface area contributed by atoms with E-state index in [-0.39, 0.29) is 5.78 Å². The maximum absolute atomic E-state index is 12.2. The van der Waals surface area contributed by atoms with Crippen molar-refractivity contribution in [3.05, 3.63) is 57.3 Å². The minimum absolute atomic E-state index is 0.108. The lowest BCUT2D eigenvalue weighted by atomic mass is 10.0. The summed E-state index contributed by atoms with van der Waals surface area (Å²) < 4.78 is 0. The van der Waals surface area contributed by atoms with Gasteiger partial charge in [-0.15, -0.1) is 11.3 Å². The Morgan fingerprint density at radius 1 is 1.24 bits per heavy atom. The summed E-state index contributed by atoms with van der Waals surface area (Å²) in [6, 6.07) is 9.69. The zero-order chi connectivity index (χ0) is 12.3. The van der Waals surface area contributed by atoms with Crippen LogP contribution >= 0.6 is 11.3 Å². The molecule has 2 aromatic rings. The number of ketones is 1. The van der Waals surface area contributed by atoms with E-state index in [9.17, 15) is 4.79 Å². The maximum Gasteiger partial charge on any atom is 0.203 e. The fourth-order valence-electron chi connectivity index (χ4n) is 1.73. The average Bonchev–Trinajstić information content (AvgIpc) is 2.76. The van der Waals surface area contributed by atoms with E-state index in [1.54, 1.807) is 0 Å². The average molecular weight is 245 g/mol.